The first-order valence-corrected chi connectivity index (χ1v) is 7.38. The average Bonchev–Trinajstić information content (AvgIpc) is 2.92. The van der Waals surface area contributed by atoms with E-state index in [1.807, 2.05) is 0 Å². The molecule has 1 saturated carbocycles. The van der Waals surface area contributed by atoms with E-state index < -0.39 is 5.97 Å². The Hall–Kier alpha value is -1.63. The van der Waals surface area contributed by atoms with E-state index in [1.54, 1.807) is 18.9 Å². The highest BCUT2D eigenvalue weighted by Crippen LogP contribution is 2.37. The van der Waals surface area contributed by atoms with E-state index in [2.05, 4.69) is 17.2 Å². The quantitative estimate of drug-likeness (QED) is 0.870. The number of aryl methyl sites for hydroxylation is 1. The van der Waals surface area contributed by atoms with E-state index in [0.29, 0.717) is 22.5 Å². The van der Waals surface area contributed by atoms with E-state index >= 15 is 0 Å². The first kappa shape index (κ1) is 14.8. The third-order valence-electron chi connectivity index (χ3n) is 3.56. The smallest absolute Gasteiger partial charge is 0.347 e. The SMILES string of the molecule is Cc1nc(CNC(=O)N(C)CC2CC2C)sc1C(=O)O. The summed E-state index contributed by atoms with van der Waals surface area (Å²) in [5.74, 6) is 0.355. The third kappa shape index (κ3) is 3.47. The van der Waals surface area contributed by atoms with Crippen molar-refractivity contribution in [1.29, 1.82) is 0 Å². The zero-order valence-electron chi connectivity index (χ0n) is 11.8. The number of nitrogens with one attached hydrogen (secondary N) is 1. The van der Waals surface area contributed by atoms with Crippen LogP contribution in [0.5, 0.6) is 0 Å². The second-order valence-electron chi connectivity index (χ2n) is 5.34. The summed E-state index contributed by atoms with van der Waals surface area (Å²) < 4.78 is 0. The molecule has 2 amide bonds. The monoisotopic (exact) mass is 297 g/mol. The van der Waals surface area contributed by atoms with Gasteiger partial charge in [0.25, 0.3) is 0 Å². The van der Waals surface area contributed by atoms with Crippen molar-refractivity contribution in [2.45, 2.75) is 26.8 Å². The summed E-state index contributed by atoms with van der Waals surface area (Å²) >= 11 is 1.10. The molecule has 0 radical (unpaired) electrons. The first-order valence-electron chi connectivity index (χ1n) is 6.57. The molecule has 6 nitrogen and oxygen atoms in total. The standard InChI is InChI=1S/C13H19N3O3S/c1-7-4-9(7)6-16(3)13(19)14-5-10-15-8(2)11(20-10)12(17)18/h7,9H,4-6H2,1-3H3,(H,14,19)(H,17,18). The Morgan fingerprint density at radius 1 is 1.55 bits per heavy atom. The lowest BCUT2D eigenvalue weighted by Crippen LogP contribution is -2.38. The van der Waals surface area contributed by atoms with Gasteiger partial charge in [-0.2, -0.15) is 0 Å². The lowest BCUT2D eigenvalue weighted by atomic mass is 10.3. The fourth-order valence-electron chi connectivity index (χ4n) is 2.10. The Balaban J connectivity index is 1.83. The van der Waals surface area contributed by atoms with E-state index in [1.165, 1.54) is 6.42 Å². The molecular weight excluding hydrogens is 278 g/mol. The van der Waals surface area contributed by atoms with Gasteiger partial charge in [0, 0.05) is 13.6 Å². The van der Waals surface area contributed by atoms with Crippen LogP contribution >= 0.6 is 11.3 Å². The highest BCUT2D eigenvalue weighted by atomic mass is 32.1. The summed E-state index contributed by atoms with van der Waals surface area (Å²) in [4.78, 5) is 28.9. The molecule has 2 unspecified atom stereocenters. The number of carboxylic acids is 1. The molecule has 1 aromatic heterocycles. The number of carboxylic acid groups (broad SMARTS) is 1. The number of hydrogen-bond acceptors (Lipinski definition) is 4. The van der Waals surface area contributed by atoms with Gasteiger partial charge in [0.2, 0.25) is 0 Å². The van der Waals surface area contributed by atoms with Gasteiger partial charge in [0.15, 0.2) is 0 Å². The van der Waals surface area contributed by atoms with Crippen molar-refractivity contribution < 1.29 is 14.7 Å². The molecule has 0 saturated heterocycles. The molecule has 2 atom stereocenters. The van der Waals surface area contributed by atoms with Crippen LogP contribution in [-0.2, 0) is 6.54 Å². The van der Waals surface area contributed by atoms with E-state index in [0.717, 1.165) is 17.9 Å². The lowest BCUT2D eigenvalue weighted by Gasteiger charge is -2.17. The van der Waals surface area contributed by atoms with Gasteiger partial charge in [0.1, 0.15) is 9.88 Å². The number of urea groups is 1. The minimum absolute atomic E-state index is 0.145. The Morgan fingerprint density at radius 2 is 2.20 bits per heavy atom. The Morgan fingerprint density at radius 3 is 2.70 bits per heavy atom. The Kier molecular flexibility index (Phi) is 4.27. The highest BCUT2D eigenvalue weighted by Gasteiger charge is 2.34. The Bertz CT molecular complexity index is 529. The van der Waals surface area contributed by atoms with E-state index in [4.69, 9.17) is 5.11 Å². The highest BCUT2D eigenvalue weighted by molar-refractivity contribution is 7.13. The van der Waals surface area contributed by atoms with Crippen LogP contribution in [0.3, 0.4) is 0 Å². The predicted octanol–water partition coefficient (Wildman–Crippen LogP) is 1.95. The summed E-state index contributed by atoms with van der Waals surface area (Å²) in [5.41, 5.74) is 0.493. The predicted molar refractivity (Wildman–Crippen MR) is 75.9 cm³/mol. The van der Waals surface area contributed by atoms with Gasteiger partial charge >= 0.3 is 12.0 Å². The van der Waals surface area contributed by atoms with Gasteiger partial charge in [-0.3, -0.25) is 0 Å². The van der Waals surface area contributed by atoms with E-state index in [-0.39, 0.29) is 17.5 Å². The number of nitrogens with zero attached hydrogens (tertiary/aromatic N) is 2. The molecular formula is C13H19N3O3S. The number of rotatable bonds is 5. The van der Waals surface area contributed by atoms with Gasteiger partial charge in [-0.05, 0) is 25.2 Å². The molecule has 2 rings (SSSR count). The van der Waals surface area contributed by atoms with Crippen molar-refractivity contribution in [3.63, 3.8) is 0 Å². The molecule has 7 heteroatoms. The number of amides is 2. The molecule has 1 heterocycles. The minimum Gasteiger partial charge on any atom is -0.477 e. The molecule has 1 aliphatic rings. The van der Waals surface area contributed by atoms with Crippen LogP contribution in [0.4, 0.5) is 4.79 Å². The van der Waals surface area contributed by atoms with Crippen LogP contribution in [0.2, 0.25) is 0 Å². The normalized spacial score (nSPS) is 20.6. The van der Waals surface area contributed by atoms with E-state index in [9.17, 15) is 9.59 Å². The van der Waals surface area contributed by atoms with Crippen LogP contribution in [0.15, 0.2) is 0 Å². The number of carbonyl (C=O) groups excluding carboxylic acids is 1. The van der Waals surface area contributed by atoms with Crippen LogP contribution in [0.25, 0.3) is 0 Å². The second kappa shape index (κ2) is 5.78. The molecule has 0 aliphatic heterocycles. The maximum absolute atomic E-state index is 11.9. The summed E-state index contributed by atoms with van der Waals surface area (Å²) in [7, 11) is 1.77. The topological polar surface area (TPSA) is 82.5 Å². The molecule has 2 N–H and O–H groups in total. The minimum atomic E-state index is -0.975. The van der Waals surface area contributed by atoms with Crippen molar-refractivity contribution in [2.75, 3.05) is 13.6 Å². The molecule has 1 aliphatic carbocycles. The zero-order chi connectivity index (χ0) is 14.9. The zero-order valence-corrected chi connectivity index (χ0v) is 12.7. The van der Waals surface area contributed by atoms with Crippen molar-refractivity contribution in [3.05, 3.63) is 15.6 Å². The van der Waals surface area contributed by atoms with Crippen molar-refractivity contribution in [1.82, 2.24) is 15.2 Å². The van der Waals surface area contributed by atoms with Crippen molar-refractivity contribution >= 4 is 23.3 Å². The van der Waals surface area contributed by atoms with Crippen molar-refractivity contribution in [3.8, 4) is 0 Å². The molecule has 110 valence electrons. The Labute approximate surface area is 121 Å². The molecule has 1 fully saturated rings. The first-order chi connectivity index (χ1) is 9.38. The van der Waals surface area contributed by atoms with Crippen LogP contribution in [-0.4, -0.2) is 40.6 Å². The number of carbonyl (C=O) groups is 2. The number of hydrogen-bond donors (Lipinski definition) is 2. The molecule has 20 heavy (non-hydrogen) atoms. The largest absolute Gasteiger partial charge is 0.477 e. The summed E-state index contributed by atoms with van der Waals surface area (Å²) in [6.07, 6.45) is 1.19. The van der Waals surface area contributed by atoms with Gasteiger partial charge in [-0.25, -0.2) is 14.6 Å². The number of thiazole rings is 1. The second-order valence-corrected chi connectivity index (χ2v) is 6.42. The number of aromatic carboxylic acids is 1. The van der Waals surface area contributed by atoms with Crippen LogP contribution in [0, 0.1) is 18.8 Å². The summed E-state index contributed by atoms with van der Waals surface area (Å²) in [6.45, 7) is 4.88. The molecule has 0 aromatic carbocycles. The average molecular weight is 297 g/mol. The molecule has 0 bridgehead atoms. The fraction of sp³-hybridized carbons (Fsp3) is 0.615. The van der Waals surface area contributed by atoms with Gasteiger partial charge in [-0.1, -0.05) is 6.92 Å². The van der Waals surface area contributed by atoms with Gasteiger partial charge in [-0.15, -0.1) is 11.3 Å². The number of aromatic nitrogens is 1. The fourth-order valence-corrected chi connectivity index (χ4v) is 2.94. The summed E-state index contributed by atoms with van der Waals surface area (Å²) in [6, 6.07) is -0.145. The lowest BCUT2D eigenvalue weighted by molar-refractivity contribution is 0.0701. The van der Waals surface area contributed by atoms with Crippen molar-refractivity contribution in [2.24, 2.45) is 11.8 Å². The maximum atomic E-state index is 11.9. The molecule has 1 aromatic rings. The summed E-state index contributed by atoms with van der Waals surface area (Å²) in [5, 5.41) is 12.3. The van der Waals surface area contributed by atoms with Crippen LogP contribution in [0.1, 0.15) is 33.7 Å². The van der Waals surface area contributed by atoms with Crippen LogP contribution < -0.4 is 5.32 Å². The molecule has 0 spiro atoms. The maximum Gasteiger partial charge on any atom is 0.347 e. The third-order valence-corrected chi connectivity index (χ3v) is 4.70. The van der Waals surface area contributed by atoms with Gasteiger partial charge in [0.05, 0.1) is 12.2 Å². The van der Waals surface area contributed by atoms with Gasteiger partial charge < -0.3 is 15.3 Å².